The fourth-order valence-electron chi connectivity index (χ4n) is 3.47. The van der Waals surface area contributed by atoms with Crippen molar-refractivity contribution in [2.75, 3.05) is 30.5 Å². The second-order valence-corrected chi connectivity index (χ2v) is 8.93. The predicted octanol–water partition coefficient (Wildman–Crippen LogP) is 4.11. The number of hydrogen-bond acceptors (Lipinski definition) is 5. The Kier molecular flexibility index (Phi) is 5.36. The lowest BCUT2D eigenvalue weighted by atomic mass is 9.90. The largest absolute Gasteiger partial charge is 0.461 e. The summed E-state index contributed by atoms with van der Waals surface area (Å²) in [5.41, 5.74) is 2.76. The highest BCUT2D eigenvalue weighted by molar-refractivity contribution is 8.00. The Morgan fingerprint density at radius 1 is 1.28 bits per heavy atom. The van der Waals surface area contributed by atoms with Crippen LogP contribution in [-0.2, 0) is 14.3 Å². The molecule has 0 bridgehead atoms. The van der Waals surface area contributed by atoms with Crippen molar-refractivity contribution >= 4 is 29.3 Å². The van der Waals surface area contributed by atoms with E-state index in [1.807, 2.05) is 13.8 Å². The van der Waals surface area contributed by atoms with Gasteiger partial charge in [-0.05, 0) is 48.4 Å². The van der Waals surface area contributed by atoms with E-state index in [-0.39, 0.29) is 28.5 Å². The minimum Gasteiger partial charge on any atom is -0.461 e. The Morgan fingerprint density at radius 2 is 2.00 bits per heavy atom. The lowest BCUT2D eigenvalue weighted by Crippen LogP contribution is -2.44. The molecule has 2 aliphatic heterocycles. The standard InChI is InChI=1S/C22H22FNO4S/c1-14-9-16(21(26)28-13-22(2)11-27-12-22)5-8-18(14)24-19(25)10-29-20(24)15-3-6-17(23)7-4-15/h3-9,20H,10-13H2,1-2H3. The zero-order chi connectivity index (χ0) is 20.6. The number of carbonyl (C=O) groups is 2. The molecule has 1 atom stereocenters. The summed E-state index contributed by atoms with van der Waals surface area (Å²) in [7, 11) is 0. The lowest BCUT2D eigenvalue weighted by molar-refractivity contribution is -0.127. The lowest BCUT2D eigenvalue weighted by Gasteiger charge is -2.37. The first kappa shape index (κ1) is 19.9. The second kappa shape index (κ2) is 7.80. The number of aryl methyl sites for hydroxylation is 1. The summed E-state index contributed by atoms with van der Waals surface area (Å²) < 4.78 is 23.9. The van der Waals surface area contributed by atoms with E-state index >= 15 is 0 Å². The molecule has 0 spiro atoms. The van der Waals surface area contributed by atoms with Crippen LogP contribution >= 0.6 is 11.8 Å². The van der Waals surface area contributed by atoms with Gasteiger partial charge in [0, 0.05) is 11.1 Å². The smallest absolute Gasteiger partial charge is 0.338 e. The van der Waals surface area contributed by atoms with E-state index in [1.165, 1.54) is 23.9 Å². The van der Waals surface area contributed by atoms with E-state index in [1.54, 1.807) is 35.2 Å². The molecule has 2 aromatic carbocycles. The molecule has 0 aliphatic carbocycles. The molecule has 2 saturated heterocycles. The maximum atomic E-state index is 13.3. The topological polar surface area (TPSA) is 55.8 Å². The van der Waals surface area contributed by atoms with Crippen molar-refractivity contribution in [1.82, 2.24) is 0 Å². The first-order chi connectivity index (χ1) is 13.9. The molecule has 0 aromatic heterocycles. The second-order valence-electron chi connectivity index (χ2n) is 7.86. The SMILES string of the molecule is Cc1cc(C(=O)OCC2(C)COC2)ccc1N1C(=O)CSC1c1ccc(F)cc1. The molecule has 2 aliphatic rings. The number of anilines is 1. The monoisotopic (exact) mass is 415 g/mol. The van der Waals surface area contributed by atoms with E-state index in [0.717, 1.165) is 16.8 Å². The van der Waals surface area contributed by atoms with Gasteiger partial charge in [-0.1, -0.05) is 19.1 Å². The van der Waals surface area contributed by atoms with E-state index in [2.05, 4.69) is 0 Å². The summed E-state index contributed by atoms with van der Waals surface area (Å²) in [5.74, 6) is -0.354. The van der Waals surface area contributed by atoms with Crippen LogP contribution in [0.5, 0.6) is 0 Å². The van der Waals surface area contributed by atoms with Crippen molar-refractivity contribution in [3.63, 3.8) is 0 Å². The van der Waals surface area contributed by atoms with Gasteiger partial charge in [0.1, 0.15) is 17.8 Å². The normalized spacial score (nSPS) is 20.4. The van der Waals surface area contributed by atoms with Gasteiger partial charge < -0.3 is 9.47 Å². The zero-order valence-corrected chi connectivity index (χ0v) is 17.1. The van der Waals surface area contributed by atoms with Crippen LogP contribution in [0, 0.1) is 18.2 Å². The highest BCUT2D eigenvalue weighted by Gasteiger charge is 2.36. The summed E-state index contributed by atoms with van der Waals surface area (Å²) in [4.78, 5) is 26.7. The van der Waals surface area contributed by atoms with Crippen LogP contribution in [-0.4, -0.2) is 37.4 Å². The van der Waals surface area contributed by atoms with Gasteiger partial charge >= 0.3 is 5.97 Å². The number of carbonyl (C=O) groups excluding carboxylic acids is 2. The van der Waals surface area contributed by atoms with Crippen LogP contribution < -0.4 is 4.90 Å². The number of hydrogen-bond donors (Lipinski definition) is 0. The quantitative estimate of drug-likeness (QED) is 0.688. The number of rotatable bonds is 5. The highest BCUT2D eigenvalue weighted by atomic mass is 32.2. The Labute approximate surface area is 173 Å². The van der Waals surface area contributed by atoms with Crippen LogP contribution in [0.3, 0.4) is 0 Å². The van der Waals surface area contributed by atoms with Crippen LogP contribution in [0.2, 0.25) is 0 Å². The molecule has 5 nitrogen and oxygen atoms in total. The van der Waals surface area contributed by atoms with E-state index in [9.17, 15) is 14.0 Å². The van der Waals surface area contributed by atoms with Crippen LogP contribution in [0.4, 0.5) is 10.1 Å². The maximum Gasteiger partial charge on any atom is 0.338 e. The minimum absolute atomic E-state index is 0.0133. The van der Waals surface area contributed by atoms with Gasteiger partial charge in [-0.3, -0.25) is 9.69 Å². The minimum atomic E-state index is -0.384. The number of esters is 1. The molecule has 4 rings (SSSR count). The summed E-state index contributed by atoms with van der Waals surface area (Å²) in [6.07, 6.45) is 0. The Bertz CT molecular complexity index is 942. The van der Waals surface area contributed by atoms with Crippen molar-refractivity contribution in [3.8, 4) is 0 Å². The summed E-state index contributed by atoms with van der Waals surface area (Å²) in [6.45, 7) is 5.39. The molecule has 1 unspecified atom stereocenters. The van der Waals surface area contributed by atoms with E-state index in [4.69, 9.17) is 9.47 Å². The number of amides is 1. The number of ether oxygens (including phenoxy) is 2. The van der Waals surface area contributed by atoms with E-state index < -0.39 is 0 Å². The van der Waals surface area contributed by atoms with Gasteiger partial charge in [-0.2, -0.15) is 0 Å². The first-order valence-electron chi connectivity index (χ1n) is 9.41. The molecular weight excluding hydrogens is 393 g/mol. The molecule has 0 radical (unpaired) electrons. The Balaban J connectivity index is 1.53. The highest BCUT2D eigenvalue weighted by Crippen LogP contribution is 2.43. The van der Waals surface area contributed by atoms with Crippen LogP contribution in [0.1, 0.15) is 33.8 Å². The molecule has 2 aromatic rings. The van der Waals surface area contributed by atoms with Gasteiger partial charge in [0.25, 0.3) is 0 Å². The maximum absolute atomic E-state index is 13.3. The molecule has 2 fully saturated rings. The van der Waals surface area contributed by atoms with Gasteiger partial charge in [0.15, 0.2) is 0 Å². The fraction of sp³-hybridized carbons (Fsp3) is 0.364. The van der Waals surface area contributed by atoms with Crippen LogP contribution in [0.15, 0.2) is 42.5 Å². The Morgan fingerprint density at radius 3 is 2.62 bits per heavy atom. The van der Waals surface area contributed by atoms with Crippen molar-refractivity contribution < 1.29 is 23.5 Å². The molecule has 29 heavy (non-hydrogen) atoms. The molecule has 152 valence electrons. The van der Waals surface area contributed by atoms with Gasteiger partial charge in [0.05, 0.1) is 24.5 Å². The molecular formula is C22H22FNO4S. The number of benzene rings is 2. The van der Waals surface area contributed by atoms with Gasteiger partial charge in [-0.25, -0.2) is 9.18 Å². The fourth-order valence-corrected chi connectivity index (χ4v) is 4.64. The molecule has 0 saturated carbocycles. The zero-order valence-electron chi connectivity index (χ0n) is 16.3. The predicted molar refractivity (Wildman–Crippen MR) is 109 cm³/mol. The number of thioether (sulfide) groups is 1. The number of nitrogens with zero attached hydrogens (tertiary/aromatic N) is 1. The third kappa shape index (κ3) is 4.02. The Hall–Kier alpha value is -2.38. The average molecular weight is 415 g/mol. The van der Waals surface area contributed by atoms with E-state index in [0.29, 0.717) is 31.1 Å². The van der Waals surface area contributed by atoms with Gasteiger partial charge in [-0.15, -0.1) is 11.8 Å². The van der Waals surface area contributed by atoms with Crippen LogP contribution in [0.25, 0.3) is 0 Å². The molecule has 1 amide bonds. The number of halogens is 1. The third-order valence-corrected chi connectivity index (χ3v) is 6.38. The summed E-state index contributed by atoms with van der Waals surface area (Å²) >= 11 is 1.50. The van der Waals surface area contributed by atoms with Gasteiger partial charge in [0.2, 0.25) is 5.91 Å². The summed E-state index contributed by atoms with van der Waals surface area (Å²) in [5, 5.41) is -0.224. The van der Waals surface area contributed by atoms with Crippen molar-refractivity contribution in [2.24, 2.45) is 5.41 Å². The first-order valence-corrected chi connectivity index (χ1v) is 10.5. The van der Waals surface area contributed by atoms with Crippen molar-refractivity contribution in [3.05, 3.63) is 65.0 Å². The molecule has 7 heteroatoms. The average Bonchev–Trinajstić information content (AvgIpc) is 3.06. The third-order valence-electron chi connectivity index (χ3n) is 5.17. The molecule has 0 N–H and O–H groups in total. The van der Waals surface area contributed by atoms with Crippen molar-refractivity contribution in [1.29, 1.82) is 0 Å². The van der Waals surface area contributed by atoms with Crippen molar-refractivity contribution in [2.45, 2.75) is 19.2 Å². The summed E-state index contributed by atoms with van der Waals surface area (Å²) in [6, 6.07) is 11.4. The molecule has 2 heterocycles.